The summed E-state index contributed by atoms with van der Waals surface area (Å²) in [5, 5.41) is 15.3. The van der Waals surface area contributed by atoms with E-state index in [4.69, 9.17) is 19.3 Å². The topological polar surface area (TPSA) is 116 Å². The first-order valence-electron chi connectivity index (χ1n) is 6.64. The summed E-state index contributed by atoms with van der Waals surface area (Å²) in [6.45, 7) is 1.39. The number of ether oxygens (including phenoxy) is 3. The Labute approximate surface area is 131 Å². The SMILES string of the molecule is COc1cc(-c2n[nH]c(=O)n2[C@@H](C)C(=O)O)cc(OC)c1OC. The van der Waals surface area contributed by atoms with Crippen LogP contribution < -0.4 is 19.9 Å². The number of carboxylic acids is 1. The molecule has 0 saturated heterocycles. The Morgan fingerprint density at radius 1 is 1.22 bits per heavy atom. The number of hydrogen-bond donors (Lipinski definition) is 2. The first-order valence-corrected chi connectivity index (χ1v) is 6.64. The van der Waals surface area contributed by atoms with E-state index in [2.05, 4.69) is 10.2 Å². The van der Waals surface area contributed by atoms with Gasteiger partial charge in [-0.25, -0.2) is 14.7 Å². The minimum Gasteiger partial charge on any atom is -0.493 e. The zero-order valence-corrected chi connectivity index (χ0v) is 13.1. The van der Waals surface area contributed by atoms with Gasteiger partial charge in [-0.2, -0.15) is 5.10 Å². The van der Waals surface area contributed by atoms with Crippen molar-refractivity contribution in [3.8, 4) is 28.6 Å². The van der Waals surface area contributed by atoms with E-state index in [1.165, 1.54) is 28.3 Å². The lowest BCUT2D eigenvalue weighted by Crippen LogP contribution is -2.26. The average Bonchev–Trinajstić information content (AvgIpc) is 2.93. The largest absolute Gasteiger partial charge is 0.493 e. The second-order valence-electron chi connectivity index (χ2n) is 4.65. The first-order chi connectivity index (χ1) is 10.9. The lowest BCUT2D eigenvalue weighted by atomic mass is 10.1. The van der Waals surface area contributed by atoms with Crippen molar-refractivity contribution in [3.63, 3.8) is 0 Å². The van der Waals surface area contributed by atoms with E-state index >= 15 is 0 Å². The van der Waals surface area contributed by atoms with Gasteiger partial charge in [-0.05, 0) is 19.1 Å². The van der Waals surface area contributed by atoms with Crippen molar-refractivity contribution < 1.29 is 24.1 Å². The summed E-state index contributed by atoms with van der Waals surface area (Å²) >= 11 is 0. The number of benzene rings is 1. The lowest BCUT2D eigenvalue weighted by Gasteiger charge is -2.15. The molecule has 0 aliphatic heterocycles. The van der Waals surface area contributed by atoms with Crippen LogP contribution in [0.3, 0.4) is 0 Å². The number of rotatable bonds is 6. The highest BCUT2D eigenvalue weighted by atomic mass is 16.5. The third kappa shape index (κ3) is 2.85. The highest BCUT2D eigenvalue weighted by molar-refractivity contribution is 5.73. The van der Waals surface area contributed by atoms with Crippen molar-refractivity contribution in [2.45, 2.75) is 13.0 Å². The summed E-state index contributed by atoms with van der Waals surface area (Å²) in [6, 6.07) is 2.08. The fraction of sp³-hybridized carbons (Fsp3) is 0.357. The van der Waals surface area contributed by atoms with Crippen molar-refractivity contribution >= 4 is 5.97 Å². The van der Waals surface area contributed by atoms with Crippen molar-refractivity contribution in [1.29, 1.82) is 0 Å². The molecule has 0 saturated carbocycles. The van der Waals surface area contributed by atoms with Crippen molar-refractivity contribution in [2.24, 2.45) is 0 Å². The third-order valence-electron chi connectivity index (χ3n) is 3.37. The van der Waals surface area contributed by atoms with E-state index in [0.717, 1.165) is 4.57 Å². The molecule has 0 fully saturated rings. The predicted octanol–water partition coefficient (Wildman–Crippen LogP) is 0.910. The van der Waals surface area contributed by atoms with Gasteiger partial charge in [0.05, 0.1) is 21.3 Å². The molecule has 2 aromatic rings. The summed E-state index contributed by atoms with van der Waals surface area (Å²) in [4.78, 5) is 23.1. The molecule has 0 bridgehead atoms. The molecule has 0 spiro atoms. The Bertz CT molecular complexity index is 754. The van der Waals surface area contributed by atoms with Crippen molar-refractivity contribution in [2.75, 3.05) is 21.3 Å². The molecule has 9 nitrogen and oxygen atoms in total. The van der Waals surface area contributed by atoms with Gasteiger partial charge < -0.3 is 19.3 Å². The molecular weight excluding hydrogens is 306 g/mol. The number of hydrogen-bond acceptors (Lipinski definition) is 6. The number of nitrogens with zero attached hydrogens (tertiary/aromatic N) is 2. The molecule has 0 amide bonds. The quantitative estimate of drug-likeness (QED) is 0.811. The standard InChI is InChI=1S/C14H17N3O6/c1-7(13(18)19)17-12(15-16-14(17)20)8-5-9(21-2)11(23-4)10(6-8)22-3/h5-7H,1-4H3,(H,16,20)(H,18,19)/t7-/m0/s1. The van der Waals surface area contributed by atoms with Crippen LogP contribution in [0.1, 0.15) is 13.0 Å². The number of carboxylic acid groups (broad SMARTS) is 1. The van der Waals surface area contributed by atoms with E-state index in [9.17, 15) is 9.59 Å². The summed E-state index contributed by atoms with van der Waals surface area (Å²) in [6.07, 6.45) is 0. The molecule has 0 aliphatic rings. The number of aromatic nitrogens is 3. The van der Waals surface area contributed by atoms with Crippen molar-refractivity contribution in [3.05, 3.63) is 22.6 Å². The van der Waals surface area contributed by atoms with Crippen LogP contribution >= 0.6 is 0 Å². The van der Waals surface area contributed by atoms with Gasteiger partial charge in [0.2, 0.25) is 5.75 Å². The summed E-state index contributed by atoms with van der Waals surface area (Å²) in [7, 11) is 4.38. The zero-order valence-electron chi connectivity index (χ0n) is 13.1. The predicted molar refractivity (Wildman–Crippen MR) is 80.3 cm³/mol. The number of carbonyl (C=O) groups is 1. The van der Waals surface area contributed by atoms with Crippen molar-refractivity contribution in [1.82, 2.24) is 14.8 Å². The highest BCUT2D eigenvalue weighted by Gasteiger charge is 2.23. The first kappa shape index (κ1) is 16.4. The van der Waals surface area contributed by atoms with E-state index in [-0.39, 0.29) is 5.82 Å². The van der Waals surface area contributed by atoms with Crippen LogP contribution in [0.4, 0.5) is 0 Å². The normalized spacial score (nSPS) is 11.8. The smallest absolute Gasteiger partial charge is 0.344 e. The van der Waals surface area contributed by atoms with Crippen LogP contribution in [0.5, 0.6) is 17.2 Å². The number of aliphatic carboxylic acids is 1. The van der Waals surface area contributed by atoms with Gasteiger partial charge in [0.15, 0.2) is 17.3 Å². The molecule has 0 aliphatic carbocycles. The van der Waals surface area contributed by atoms with E-state index < -0.39 is 17.7 Å². The fourth-order valence-electron chi connectivity index (χ4n) is 2.19. The molecule has 1 aromatic carbocycles. The molecule has 2 rings (SSSR count). The van der Waals surface area contributed by atoms with Crippen LogP contribution in [0, 0.1) is 0 Å². The Balaban J connectivity index is 2.69. The second-order valence-corrected chi connectivity index (χ2v) is 4.65. The second kappa shape index (κ2) is 6.42. The molecule has 1 heterocycles. The van der Waals surface area contributed by atoms with Gasteiger partial charge in [0.1, 0.15) is 6.04 Å². The maximum atomic E-state index is 11.9. The minimum absolute atomic E-state index is 0.157. The molecule has 23 heavy (non-hydrogen) atoms. The van der Waals surface area contributed by atoms with E-state index in [1.54, 1.807) is 12.1 Å². The van der Waals surface area contributed by atoms with Gasteiger partial charge in [-0.3, -0.25) is 4.57 Å². The molecular formula is C14H17N3O6. The van der Waals surface area contributed by atoms with Crippen LogP contribution in [0.25, 0.3) is 11.4 Å². The van der Waals surface area contributed by atoms with Crippen LogP contribution in [0.2, 0.25) is 0 Å². The fourth-order valence-corrected chi connectivity index (χ4v) is 2.19. The average molecular weight is 323 g/mol. The zero-order chi connectivity index (χ0) is 17.1. The number of aromatic amines is 1. The van der Waals surface area contributed by atoms with Gasteiger partial charge in [-0.1, -0.05) is 0 Å². The molecule has 2 N–H and O–H groups in total. The summed E-state index contributed by atoms with van der Waals surface area (Å²) in [5.41, 5.74) is -0.172. The van der Waals surface area contributed by atoms with Gasteiger partial charge in [0, 0.05) is 5.56 Å². The Kier molecular flexibility index (Phi) is 4.58. The summed E-state index contributed by atoms with van der Waals surface area (Å²) < 4.78 is 16.8. The maximum absolute atomic E-state index is 11.9. The maximum Gasteiger partial charge on any atom is 0.344 e. The van der Waals surface area contributed by atoms with Gasteiger partial charge >= 0.3 is 11.7 Å². The molecule has 124 valence electrons. The van der Waals surface area contributed by atoms with Gasteiger partial charge in [0.25, 0.3) is 0 Å². The van der Waals surface area contributed by atoms with Crippen LogP contribution in [-0.4, -0.2) is 47.2 Å². The van der Waals surface area contributed by atoms with Crippen LogP contribution in [0.15, 0.2) is 16.9 Å². The number of nitrogens with one attached hydrogen (secondary N) is 1. The molecule has 0 radical (unpaired) electrons. The lowest BCUT2D eigenvalue weighted by molar-refractivity contribution is -0.140. The van der Waals surface area contributed by atoms with Gasteiger partial charge in [-0.15, -0.1) is 0 Å². The third-order valence-corrected chi connectivity index (χ3v) is 3.37. The highest BCUT2D eigenvalue weighted by Crippen LogP contribution is 2.40. The van der Waals surface area contributed by atoms with E-state index in [0.29, 0.717) is 22.8 Å². The Morgan fingerprint density at radius 2 is 1.78 bits per heavy atom. The van der Waals surface area contributed by atoms with Crippen LogP contribution in [-0.2, 0) is 4.79 Å². The molecule has 0 unspecified atom stereocenters. The monoisotopic (exact) mass is 323 g/mol. The Hall–Kier alpha value is -2.97. The molecule has 1 aromatic heterocycles. The summed E-state index contributed by atoms with van der Waals surface area (Å²) in [5.74, 6) is 0.125. The van der Waals surface area contributed by atoms with E-state index in [1.807, 2.05) is 0 Å². The molecule has 1 atom stereocenters. The number of methoxy groups -OCH3 is 3. The number of H-pyrrole nitrogens is 1. The molecule has 9 heteroatoms. The Morgan fingerprint density at radius 3 is 2.22 bits per heavy atom. The minimum atomic E-state index is -1.15.